The van der Waals surface area contributed by atoms with Gasteiger partial charge in [-0.3, -0.25) is 4.79 Å². The summed E-state index contributed by atoms with van der Waals surface area (Å²) in [6.45, 7) is 0.182. The van der Waals surface area contributed by atoms with Crippen molar-refractivity contribution in [1.29, 1.82) is 5.26 Å². The van der Waals surface area contributed by atoms with Gasteiger partial charge in [-0.25, -0.2) is 13.1 Å². The average Bonchev–Trinajstić information content (AvgIpc) is 3.33. The molecule has 1 amide bonds. The summed E-state index contributed by atoms with van der Waals surface area (Å²) >= 11 is 5.79. The van der Waals surface area contributed by atoms with Crippen LogP contribution in [0.15, 0.2) is 69.5 Å². The van der Waals surface area contributed by atoms with Crippen LogP contribution in [0.3, 0.4) is 0 Å². The van der Waals surface area contributed by atoms with Crippen LogP contribution < -0.4 is 19.5 Å². The number of nitrogens with one attached hydrogen (secondary N) is 2. The van der Waals surface area contributed by atoms with Crippen molar-refractivity contribution in [2.45, 2.75) is 17.9 Å². The minimum Gasteiger partial charge on any atom is -0.493 e. The Morgan fingerprint density at radius 1 is 1.08 bits per heavy atom. The number of halogens is 1. The highest BCUT2D eigenvalue weighted by atomic mass is 35.5. The normalized spacial score (nSPS) is 11.6. The Hall–Kier alpha value is -3.78. The van der Waals surface area contributed by atoms with E-state index in [0.29, 0.717) is 35.2 Å². The molecular weight excluding hydrogens is 506 g/mol. The van der Waals surface area contributed by atoms with Gasteiger partial charge in [0.1, 0.15) is 23.2 Å². The zero-order valence-electron chi connectivity index (χ0n) is 19.6. The van der Waals surface area contributed by atoms with Crippen LogP contribution in [0.25, 0.3) is 6.08 Å². The van der Waals surface area contributed by atoms with E-state index in [1.807, 2.05) is 18.2 Å². The Morgan fingerprint density at radius 2 is 1.81 bits per heavy atom. The molecule has 9 nitrogen and oxygen atoms in total. The summed E-state index contributed by atoms with van der Waals surface area (Å²) < 4.78 is 43.2. The van der Waals surface area contributed by atoms with Crippen LogP contribution in [0.1, 0.15) is 17.1 Å². The molecule has 1 heterocycles. The van der Waals surface area contributed by atoms with E-state index in [1.165, 1.54) is 30.3 Å². The monoisotopic (exact) mass is 529 g/mol. The van der Waals surface area contributed by atoms with Crippen molar-refractivity contribution in [2.24, 2.45) is 0 Å². The molecule has 0 saturated carbocycles. The first-order chi connectivity index (χ1) is 17.2. The number of carbonyl (C=O) groups excluding carboxylic acids is 1. The van der Waals surface area contributed by atoms with Crippen LogP contribution in [0.2, 0.25) is 5.02 Å². The number of rotatable bonds is 11. The Labute approximate surface area is 214 Å². The topological polar surface area (TPSA) is 131 Å². The van der Waals surface area contributed by atoms with Crippen molar-refractivity contribution in [3.63, 3.8) is 0 Å². The number of amides is 1. The lowest BCUT2D eigenvalue weighted by atomic mass is 10.1. The summed E-state index contributed by atoms with van der Waals surface area (Å²) in [5, 5.41) is 12.5. The van der Waals surface area contributed by atoms with Gasteiger partial charge >= 0.3 is 0 Å². The molecule has 2 N–H and O–H groups in total. The zero-order chi connectivity index (χ0) is 26.1. The summed E-state index contributed by atoms with van der Waals surface area (Å²) in [4.78, 5) is 12.5. The maximum atomic E-state index is 12.4. The van der Waals surface area contributed by atoms with Crippen molar-refractivity contribution in [1.82, 2.24) is 10.0 Å². The number of carbonyl (C=O) groups is 1. The minimum absolute atomic E-state index is 0.0649. The molecule has 3 aromatic rings. The van der Waals surface area contributed by atoms with Crippen LogP contribution in [-0.4, -0.2) is 35.1 Å². The molecule has 0 fully saturated rings. The highest BCUT2D eigenvalue weighted by molar-refractivity contribution is 7.89. The minimum atomic E-state index is -3.76. The van der Waals surface area contributed by atoms with Crippen molar-refractivity contribution < 1.29 is 27.1 Å². The smallest absolute Gasteiger partial charge is 0.262 e. The third kappa shape index (κ3) is 7.11. The zero-order valence-corrected chi connectivity index (χ0v) is 21.2. The van der Waals surface area contributed by atoms with Gasteiger partial charge < -0.3 is 19.2 Å². The van der Waals surface area contributed by atoms with Crippen molar-refractivity contribution >= 4 is 33.6 Å². The van der Waals surface area contributed by atoms with Gasteiger partial charge in [-0.05, 0) is 60.5 Å². The molecule has 0 aliphatic carbocycles. The first kappa shape index (κ1) is 26.8. The molecule has 0 aliphatic heterocycles. The Morgan fingerprint density at radius 3 is 2.47 bits per heavy atom. The quantitative estimate of drug-likeness (QED) is 0.286. The second kappa shape index (κ2) is 12.3. The molecular formula is C25H24ClN3O6S. The summed E-state index contributed by atoms with van der Waals surface area (Å²) in [5.41, 5.74) is 0.775. The number of furan rings is 1. The summed E-state index contributed by atoms with van der Waals surface area (Å²) in [7, 11) is -0.670. The Bertz CT molecular complexity index is 1390. The van der Waals surface area contributed by atoms with E-state index in [9.17, 15) is 18.5 Å². The molecule has 0 bridgehead atoms. The fraction of sp³-hybridized carbons (Fsp3) is 0.200. The van der Waals surface area contributed by atoms with E-state index in [0.717, 1.165) is 5.56 Å². The van der Waals surface area contributed by atoms with E-state index >= 15 is 0 Å². The van der Waals surface area contributed by atoms with E-state index in [2.05, 4.69) is 10.0 Å². The van der Waals surface area contributed by atoms with Crippen molar-refractivity contribution in [2.75, 3.05) is 20.8 Å². The lowest BCUT2D eigenvalue weighted by molar-refractivity contribution is -0.117. The predicted octanol–water partition coefficient (Wildman–Crippen LogP) is 3.69. The molecule has 0 atom stereocenters. The van der Waals surface area contributed by atoms with Gasteiger partial charge in [0.15, 0.2) is 11.5 Å². The number of nitriles is 1. The van der Waals surface area contributed by atoms with E-state index in [-0.39, 0.29) is 22.8 Å². The molecule has 188 valence electrons. The lowest BCUT2D eigenvalue weighted by Crippen LogP contribution is -2.26. The maximum absolute atomic E-state index is 12.4. The lowest BCUT2D eigenvalue weighted by Gasteiger charge is -2.10. The highest BCUT2D eigenvalue weighted by Gasteiger charge is 2.15. The molecule has 0 unspecified atom stereocenters. The van der Waals surface area contributed by atoms with Gasteiger partial charge in [-0.2, -0.15) is 5.26 Å². The standard InChI is InChI=1S/C25H24ClN3O6S/c1-33-23-10-3-17(13-24(23)34-2)11-12-28-25(30)18(15-27)14-20-6-7-21(35-20)16-29-36(31,32)22-8-4-19(26)5-9-22/h3-10,13-14,29H,11-12,16H2,1-2H3,(H,28,30)/b18-14-. The van der Waals surface area contributed by atoms with Crippen LogP contribution in [-0.2, 0) is 27.8 Å². The number of sulfonamides is 1. The fourth-order valence-corrected chi connectivity index (χ4v) is 4.29. The summed E-state index contributed by atoms with van der Waals surface area (Å²) in [6, 6.07) is 16.2. The van der Waals surface area contributed by atoms with Crippen LogP contribution in [0, 0.1) is 11.3 Å². The van der Waals surface area contributed by atoms with E-state index < -0.39 is 15.9 Å². The predicted molar refractivity (Wildman–Crippen MR) is 134 cm³/mol. The molecule has 36 heavy (non-hydrogen) atoms. The molecule has 0 saturated heterocycles. The molecule has 0 aliphatic rings. The number of nitrogens with zero attached hydrogens (tertiary/aromatic N) is 1. The van der Waals surface area contributed by atoms with Crippen molar-refractivity contribution in [3.05, 3.63) is 82.3 Å². The van der Waals surface area contributed by atoms with Gasteiger partial charge in [0.05, 0.1) is 25.7 Å². The Kier molecular flexibility index (Phi) is 9.13. The van der Waals surface area contributed by atoms with Gasteiger partial charge in [0.2, 0.25) is 10.0 Å². The highest BCUT2D eigenvalue weighted by Crippen LogP contribution is 2.27. The van der Waals surface area contributed by atoms with E-state index in [1.54, 1.807) is 32.4 Å². The van der Waals surface area contributed by atoms with Crippen LogP contribution >= 0.6 is 11.6 Å². The Balaban J connectivity index is 1.57. The molecule has 0 radical (unpaired) electrons. The number of ether oxygens (including phenoxy) is 2. The number of hydrogen-bond acceptors (Lipinski definition) is 7. The number of methoxy groups -OCH3 is 2. The van der Waals surface area contributed by atoms with Crippen LogP contribution in [0.4, 0.5) is 0 Å². The number of hydrogen-bond donors (Lipinski definition) is 2. The van der Waals surface area contributed by atoms with E-state index in [4.69, 9.17) is 25.5 Å². The SMILES string of the molecule is COc1ccc(CCNC(=O)/C(C#N)=C\c2ccc(CNS(=O)(=O)c3ccc(Cl)cc3)o2)cc1OC. The van der Waals surface area contributed by atoms with Crippen LogP contribution in [0.5, 0.6) is 11.5 Å². The molecule has 3 rings (SSSR count). The first-order valence-electron chi connectivity index (χ1n) is 10.7. The second-order valence-electron chi connectivity index (χ2n) is 7.45. The van der Waals surface area contributed by atoms with Gasteiger partial charge in [-0.15, -0.1) is 0 Å². The van der Waals surface area contributed by atoms with Gasteiger partial charge in [-0.1, -0.05) is 17.7 Å². The summed E-state index contributed by atoms with van der Waals surface area (Å²) in [6.07, 6.45) is 1.81. The number of benzene rings is 2. The third-order valence-corrected chi connectivity index (χ3v) is 6.71. The van der Waals surface area contributed by atoms with Gasteiger partial charge in [0, 0.05) is 17.6 Å². The third-order valence-electron chi connectivity index (χ3n) is 5.04. The fourth-order valence-electron chi connectivity index (χ4n) is 3.17. The molecule has 11 heteroatoms. The summed E-state index contributed by atoms with van der Waals surface area (Å²) in [5.74, 6) is 1.19. The molecule has 1 aromatic heterocycles. The maximum Gasteiger partial charge on any atom is 0.262 e. The second-order valence-corrected chi connectivity index (χ2v) is 9.65. The first-order valence-corrected chi connectivity index (χ1v) is 12.6. The van der Waals surface area contributed by atoms with Crippen molar-refractivity contribution in [3.8, 4) is 17.6 Å². The largest absolute Gasteiger partial charge is 0.493 e. The molecule has 2 aromatic carbocycles. The molecule has 0 spiro atoms. The van der Waals surface area contributed by atoms with Gasteiger partial charge in [0.25, 0.3) is 5.91 Å². The average molecular weight is 530 g/mol.